The van der Waals surface area contributed by atoms with E-state index in [0.29, 0.717) is 5.75 Å². The minimum Gasteiger partial charge on any atom is -0.493 e. The van der Waals surface area contributed by atoms with Gasteiger partial charge in [0.25, 0.3) is 0 Å². The molecular weight excluding hydrogens is 338 g/mol. The highest BCUT2D eigenvalue weighted by Crippen LogP contribution is 2.40. The van der Waals surface area contributed by atoms with Crippen LogP contribution in [0.4, 0.5) is 5.69 Å². The van der Waals surface area contributed by atoms with Crippen LogP contribution in [-0.2, 0) is 11.2 Å². The second-order valence-electron chi connectivity index (χ2n) is 6.53. The summed E-state index contributed by atoms with van der Waals surface area (Å²) in [7, 11) is 3.29. The topological polar surface area (TPSA) is 39.7 Å². The normalized spacial score (nSPS) is 18.4. The molecule has 4 nitrogen and oxygen atoms in total. The fraction of sp³-hybridized carbons (Fsp3) is 0.217. The Morgan fingerprint density at radius 3 is 2.37 bits per heavy atom. The standard InChI is InChI=1S/C23H23NO3/c1-25-20-13-12-17(15-22(20)26-2)21-14-16-8-6-7-11-19(16)23(27-21)24-18-9-4-3-5-10-18/h3-13,15,21,23-24H,14H2,1-2H3. The summed E-state index contributed by atoms with van der Waals surface area (Å²) in [6.45, 7) is 0. The first-order valence-corrected chi connectivity index (χ1v) is 9.05. The molecule has 138 valence electrons. The molecule has 0 saturated heterocycles. The molecule has 3 aromatic rings. The molecule has 2 atom stereocenters. The quantitative estimate of drug-likeness (QED) is 0.684. The molecule has 4 rings (SSSR count). The number of para-hydroxylation sites is 1. The molecule has 1 aliphatic rings. The van der Waals surface area contributed by atoms with E-state index in [9.17, 15) is 0 Å². The van der Waals surface area contributed by atoms with Gasteiger partial charge in [-0.25, -0.2) is 0 Å². The zero-order valence-electron chi connectivity index (χ0n) is 15.5. The summed E-state index contributed by atoms with van der Waals surface area (Å²) >= 11 is 0. The summed E-state index contributed by atoms with van der Waals surface area (Å²) in [6.07, 6.45) is 0.537. The summed E-state index contributed by atoms with van der Waals surface area (Å²) in [5.41, 5.74) is 4.57. The Morgan fingerprint density at radius 1 is 0.852 bits per heavy atom. The van der Waals surface area contributed by atoms with Crippen molar-refractivity contribution in [2.24, 2.45) is 0 Å². The van der Waals surface area contributed by atoms with E-state index in [1.165, 1.54) is 11.1 Å². The molecule has 2 unspecified atom stereocenters. The third-order valence-corrected chi connectivity index (χ3v) is 4.89. The summed E-state index contributed by atoms with van der Waals surface area (Å²) in [6, 6.07) is 24.5. The molecule has 0 amide bonds. The van der Waals surface area contributed by atoms with Crippen LogP contribution in [0.25, 0.3) is 0 Å². The fourth-order valence-electron chi connectivity index (χ4n) is 3.51. The Labute approximate surface area is 159 Å². The number of methoxy groups -OCH3 is 2. The zero-order chi connectivity index (χ0) is 18.6. The molecule has 0 fully saturated rings. The van der Waals surface area contributed by atoms with E-state index in [4.69, 9.17) is 14.2 Å². The van der Waals surface area contributed by atoms with Gasteiger partial charge in [0.1, 0.15) is 0 Å². The number of anilines is 1. The van der Waals surface area contributed by atoms with E-state index in [1.807, 2.05) is 48.5 Å². The second-order valence-corrected chi connectivity index (χ2v) is 6.53. The van der Waals surface area contributed by atoms with Crippen molar-refractivity contribution in [2.45, 2.75) is 18.8 Å². The number of rotatable bonds is 5. The SMILES string of the molecule is COc1ccc(C2Cc3ccccc3C(Nc3ccccc3)O2)cc1OC. The average Bonchev–Trinajstić information content (AvgIpc) is 2.74. The molecule has 0 radical (unpaired) electrons. The number of ether oxygens (including phenoxy) is 3. The molecule has 27 heavy (non-hydrogen) atoms. The van der Waals surface area contributed by atoms with Crippen molar-refractivity contribution >= 4 is 5.69 Å². The van der Waals surface area contributed by atoms with Gasteiger partial charge in [-0.05, 0) is 35.4 Å². The van der Waals surface area contributed by atoms with Crippen molar-refractivity contribution in [2.75, 3.05) is 19.5 Å². The summed E-state index contributed by atoms with van der Waals surface area (Å²) in [5.74, 6) is 1.43. The monoisotopic (exact) mass is 361 g/mol. The highest BCUT2D eigenvalue weighted by Gasteiger charge is 2.29. The summed E-state index contributed by atoms with van der Waals surface area (Å²) in [5, 5.41) is 3.51. The van der Waals surface area contributed by atoms with Crippen LogP contribution in [0, 0.1) is 0 Å². The summed E-state index contributed by atoms with van der Waals surface area (Å²) in [4.78, 5) is 0. The van der Waals surface area contributed by atoms with Crippen molar-refractivity contribution in [3.05, 3.63) is 89.5 Å². The molecule has 0 bridgehead atoms. The molecule has 3 aromatic carbocycles. The minimum atomic E-state index is -0.213. The second kappa shape index (κ2) is 7.72. The Hall–Kier alpha value is -2.98. The van der Waals surface area contributed by atoms with Crippen molar-refractivity contribution in [3.8, 4) is 11.5 Å². The highest BCUT2D eigenvalue weighted by molar-refractivity contribution is 5.48. The van der Waals surface area contributed by atoms with Crippen molar-refractivity contribution in [1.82, 2.24) is 0 Å². The maximum Gasteiger partial charge on any atom is 0.161 e. The van der Waals surface area contributed by atoms with Gasteiger partial charge >= 0.3 is 0 Å². The lowest BCUT2D eigenvalue weighted by atomic mass is 9.93. The van der Waals surface area contributed by atoms with Crippen LogP contribution in [0.1, 0.15) is 29.0 Å². The van der Waals surface area contributed by atoms with E-state index in [1.54, 1.807) is 14.2 Å². The van der Waals surface area contributed by atoms with E-state index < -0.39 is 0 Å². The lowest BCUT2D eigenvalue weighted by Gasteiger charge is -2.33. The smallest absolute Gasteiger partial charge is 0.161 e. The molecule has 0 aromatic heterocycles. The first-order chi connectivity index (χ1) is 13.3. The number of hydrogen-bond donors (Lipinski definition) is 1. The van der Waals surface area contributed by atoms with Crippen molar-refractivity contribution in [1.29, 1.82) is 0 Å². The highest BCUT2D eigenvalue weighted by atomic mass is 16.5. The molecule has 0 aliphatic carbocycles. The van der Waals surface area contributed by atoms with Gasteiger partial charge in [0.2, 0.25) is 0 Å². The largest absolute Gasteiger partial charge is 0.493 e. The van der Waals surface area contributed by atoms with Crippen LogP contribution in [0.2, 0.25) is 0 Å². The van der Waals surface area contributed by atoms with Crippen LogP contribution in [-0.4, -0.2) is 14.2 Å². The van der Waals surface area contributed by atoms with Gasteiger partial charge in [-0.1, -0.05) is 48.5 Å². The lowest BCUT2D eigenvalue weighted by Crippen LogP contribution is -2.25. The Balaban J connectivity index is 1.66. The van der Waals surface area contributed by atoms with Crippen LogP contribution in [0.3, 0.4) is 0 Å². The van der Waals surface area contributed by atoms with Gasteiger partial charge in [0.15, 0.2) is 17.7 Å². The first kappa shape index (κ1) is 17.4. The van der Waals surface area contributed by atoms with Gasteiger partial charge in [0, 0.05) is 17.7 Å². The van der Waals surface area contributed by atoms with Gasteiger partial charge in [0.05, 0.1) is 20.3 Å². The lowest BCUT2D eigenvalue weighted by molar-refractivity contribution is -0.0121. The molecule has 1 N–H and O–H groups in total. The third kappa shape index (κ3) is 3.62. The number of hydrogen-bond acceptors (Lipinski definition) is 4. The third-order valence-electron chi connectivity index (χ3n) is 4.89. The van der Waals surface area contributed by atoms with Gasteiger partial charge < -0.3 is 19.5 Å². The average molecular weight is 361 g/mol. The van der Waals surface area contributed by atoms with Crippen LogP contribution in [0.15, 0.2) is 72.8 Å². The Bertz CT molecular complexity index is 911. The Kier molecular flexibility index (Phi) is 4.99. The zero-order valence-corrected chi connectivity index (χ0v) is 15.5. The maximum atomic E-state index is 6.47. The molecule has 1 aliphatic heterocycles. The molecule has 0 spiro atoms. The van der Waals surface area contributed by atoms with Crippen LogP contribution >= 0.6 is 0 Å². The first-order valence-electron chi connectivity index (χ1n) is 9.05. The van der Waals surface area contributed by atoms with E-state index in [2.05, 4.69) is 29.6 Å². The van der Waals surface area contributed by atoms with E-state index >= 15 is 0 Å². The Morgan fingerprint density at radius 2 is 1.59 bits per heavy atom. The van der Waals surface area contributed by atoms with E-state index in [0.717, 1.165) is 23.4 Å². The fourth-order valence-corrected chi connectivity index (χ4v) is 3.51. The van der Waals surface area contributed by atoms with Gasteiger partial charge in [-0.2, -0.15) is 0 Å². The predicted molar refractivity (Wildman–Crippen MR) is 106 cm³/mol. The van der Waals surface area contributed by atoms with Crippen LogP contribution in [0.5, 0.6) is 11.5 Å². The molecule has 4 heteroatoms. The van der Waals surface area contributed by atoms with Crippen LogP contribution < -0.4 is 14.8 Å². The minimum absolute atomic E-state index is 0.0686. The van der Waals surface area contributed by atoms with E-state index in [-0.39, 0.29) is 12.3 Å². The molecular formula is C23H23NO3. The number of fused-ring (bicyclic) bond motifs is 1. The van der Waals surface area contributed by atoms with Gasteiger partial charge in [-0.3, -0.25) is 0 Å². The van der Waals surface area contributed by atoms with Gasteiger partial charge in [-0.15, -0.1) is 0 Å². The molecule has 1 heterocycles. The number of benzene rings is 3. The summed E-state index contributed by atoms with van der Waals surface area (Å²) < 4.78 is 17.3. The van der Waals surface area contributed by atoms with Crippen molar-refractivity contribution < 1.29 is 14.2 Å². The number of nitrogens with one attached hydrogen (secondary N) is 1. The predicted octanol–water partition coefficient (Wildman–Crippen LogP) is 5.13. The van der Waals surface area contributed by atoms with Crippen molar-refractivity contribution in [3.63, 3.8) is 0 Å². The molecule has 0 saturated carbocycles. The maximum absolute atomic E-state index is 6.47.